The molecule has 5 rings (SSSR count). The minimum Gasteiger partial charge on any atom is -0.273 e. The number of thioether (sulfide) groups is 2. The zero-order valence-corrected chi connectivity index (χ0v) is 19.6. The summed E-state index contributed by atoms with van der Waals surface area (Å²) < 4.78 is 4.41. The SMILES string of the molecule is C(=Cc1ccccc1)CSc1nnc(CSc2nc3ccccc3s2)n1-c1ccccc1. The van der Waals surface area contributed by atoms with Gasteiger partial charge < -0.3 is 0 Å². The van der Waals surface area contributed by atoms with E-state index in [9.17, 15) is 0 Å². The van der Waals surface area contributed by atoms with Gasteiger partial charge in [-0.15, -0.1) is 21.5 Å². The van der Waals surface area contributed by atoms with Gasteiger partial charge in [-0.25, -0.2) is 4.98 Å². The molecular formula is C25H20N4S3. The Morgan fingerprint density at radius 2 is 1.56 bits per heavy atom. The van der Waals surface area contributed by atoms with Gasteiger partial charge in [0, 0.05) is 11.4 Å². The van der Waals surface area contributed by atoms with E-state index in [0.717, 1.165) is 32.3 Å². The molecule has 5 aromatic rings. The molecule has 0 bridgehead atoms. The molecular weight excluding hydrogens is 453 g/mol. The number of thiazole rings is 1. The third kappa shape index (κ3) is 4.96. The topological polar surface area (TPSA) is 43.6 Å². The van der Waals surface area contributed by atoms with Crippen LogP contribution >= 0.6 is 34.9 Å². The molecule has 0 aliphatic rings. The average Bonchev–Trinajstić information content (AvgIpc) is 3.45. The number of fused-ring (bicyclic) bond motifs is 1. The van der Waals surface area contributed by atoms with E-state index in [1.54, 1.807) is 34.9 Å². The smallest absolute Gasteiger partial charge is 0.196 e. The number of para-hydroxylation sites is 2. The fraction of sp³-hybridized carbons (Fsp3) is 0.0800. The lowest BCUT2D eigenvalue weighted by atomic mass is 10.2. The van der Waals surface area contributed by atoms with Gasteiger partial charge in [-0.1, -0.05) is 96.3 Å². The Balaban J connectivity index is 1.34. The third-order valence-corrected chi connectivity index (χ3v) is 7.79. The van der Waals surface area contributed by atoms with Crippen LogP contribution in [0.2, 0.25) is 0 Å². The van der Waals surface area contributed by atoms with Crippen molar-refractivity contribution in [3.63, 3.8) is 0 Å². The zero-order chi connectivity index (χ0) is 21.6. The molecule has 0 amide bonds. The van der Waals surface area contributed by atoms with Crippen LogP contribution in [0, 0.1) is 0 Å². The summed E-state index contributed by atoms with van der Waals surface area (Å²) in [4.78, 5) is 4.74. The zero-order valence-electron chi connectivity index (χ0n) is 17.2. The van der Waals surface area contributed by atoms with Crippen LogP contribution < -0.4 is 0 Å². The largest absolute Gasteiger partial charge is 0.273 e. The van der Waals surface area contributed by atoms with E-state index in [1.807, 2.05) is 42.5 Å². The number of rotatable bonds is 8. The van der Waals surface area contributed by atoms with Gasteiger partial charge in [-0.3, -0.25) is 4.57 Å². The summed E-state index contributed by atoms with van der Waals surface area (Å²) in [6.07, 6.45) is 4.31. The van der Waals surface area contributed by atoms with Gasteiger partial charge in [-0.2, -0.15) is 0 Å². The first-order chi connectivity index (χ1) is 15.9. The summed E-state index contributed by atoms with van der Waals surface area (Å²) in [5.41, 5.74) is 3.32. The van der Waals surface area contributed by atoms with Crippen LogP contribution in [0.5, 0.6) is 0 Å². The lowest BCUT2D eigenvalue weighted by Gasteiger charge is -2.09. The monoisotopic (exact) mass is 472 g/mol. The molecule has 0 spiro atoms. The fourth-order valence-corrected chi connectivity index (χ4v) is 5.99. The van der Waals surface area contributed by atoms with Crippen molar-refractivity contribution in [2.24, 2.45) is 0 Å². The lowest BCUT2D eigenvalue weighted by Crippen LogP contribution is -2.01. The van der Waals surface area contributed by atoms with Crippen LogP contribution in [-0.4, -0.2) is 25.5 Å². The van der Waals surface area contributed by atoms with Crippen molar-refractivity contribution in [3.05, 3.63) is 102 Å². The number of nitrogens with zero attached hydrogens (tertiary/aromatic N) is 4. The van der Waals surface area contributed by atoms with E-state index < -0.39 is 0 Å². The molecule has 0 aliphatic heterocycles. The fourth-order valence-electron chi connectivity index (χ4n) is 3.23. The highest BCUT2D eigenvalue weighted by molar-refractivity contribution is 8.00. The molecule has 0 aliphatic carbocycles. The van der Waals surface area contributed by atoms with Gasteiger partial charge in [0.1, 0.15) is 5.82 Å². The van der Waals surface area contributed by atoms with Gasteiger partial charge in [0.25, 0.3) is 0 Å². The van der Waals surface area contributed by atoms with Gasteiger partial charge in [-0.05, 0) is 29.8 Å². The highest BCUT2D eigenvalue weighted by Crippen LogP contribution is 2.32. The van der Waals surface area contributed by atoms with Gasteiger partial charge in [0.2, 0.25) is 0 Å². The number of hydrogen-bond donors (Lipinski definition) is 0. The van der Waals surface area contributed by atoms with Crippen LogP contribution in [0.3, 0.4) is 0 Å². The second-order valence-corrected chi connectivity index (χ2v) is 10.2. The Morgan fingerprint density at radius 3 is 2.38 bits per heavy atom. The molecule has 32 heavy (non-hydrogen) atoms. The molecule has 3 aromatic carbocycles. The van der Waals surface area contributed by atoms with Crippen molar-refractivity contribution in [2.45, 2.75) is 15.2 Å². The van der Waals surface area contributed by atoms with Crippen molar-refractivity contribution in [1.29, 1.82) is 0 Å². The van der Waals surface area contributed by atoms with E-state index in [1.165, 1.54) is 10.3 Å². The van der Waals surface area contributed by atoms with Crippen molar-refractivity contribution in [2.75, 3.05) is 5.75 Å². The Bertz CT molecular complexity index is 1290. The number of hydrogen-bond acceptors (Lipinski definition) is 6. The predicted molar refractivity (Wildman–Crippen MR) is 137 cm³/mol. The van der Waals surface area contributed by atoms with E-state index in [-0.39, 0.29) is 0 Å². The maximum Gasteiger partial charge on any atom is 0.196 e. The molecule has 2 aromatic heterocycles. The molecule has 4 nitrogen and oxygen atoms in total. The van der Waals surface area contributed by atoms with E-state index in [4.69, 9.17) is 4.98 Å². The summed E-state index contributed by atoms with van der Waals surface area (Å²) in [5.74, 6) is 2.46. The number of aromatic nitrogens is 4. The second-order valence-electron chi connectivity index (χ2n) is 6.93. The van der Waals surface area contributed by atoms with Crippen molar-refractivity contribution >= 4 is 51.2 Å². The molecule has 158 valence electrons. The molecule has 2 heterocycles. The predicted octanol–water partition coefficient (Wildman–Crippen LogP) is 6.97. The lowest BCUT2D eigenvalue weighted by molar-refractivity contribution is 0.866. The molecule has 0 saturated carbocycles. The van der Waals surface area contributed by atoms with Crippen LogP contribution in [0.25, 0.3) is 22.0 Å². The van der Waals surface area contributed by atoms with Crippen molar-refractivity contribution < 1.29 is 0 Å². The molecule has 0 N–H and O–H groups in total. The van der Waals surface area contributed by atoms with Crippen molar-refractivity contribution in [1.82, 2.24) is 19.7 Å². The Hall–Kier alpha value is -2.87. The molecule has 7 heteroatoms. The molecule has 0 radical (unpaired) electrons. The highest BCUT2D eigenvalue weighted by atomic mass is 32.2. The summed E-state index contributed by atoms with van der Waals surface area (Å²) in [6, 6.07) is 28.9. The average molecular weight is 473 g/mol. The summed E-state index contributed by atoms with van der Waals surface area (Å²) in [7, 11) is 0. The maximum atomic E-state index is 4.74. The first-order valence-corrected chi connectivity index (χ1v) is 13.0. The Kier molecular flexibility index (Phi) is 6.67. The Labute approximate surface area is 199 Å². The quantitative estimate of drug-likeness (QED) is 0.228. The molecule has 0 unspecified atom stereocenters. The van der Waals surface area contributed by atoms with Crippen LogP contribution in [-0.2, 0) is 5.75 Å². The second kappa shape index (κ2) is 10.2. The highest BCUT2D eigenvalue weighted by Gasteiger charge is 2.15. The minimum absolute atomic E-state index is 0.710. The minimum atomic E-state index is 0.710. The molecule has 0 atom stereocenters. The first-order valence-electron chi connectivity index (χ1n) is 10.2. The molecule has 0 fully saturated rings. The van der Waals surface area contributed by atoms with Gasteiger partial charge >= 0.3 is 0 Å². The Morgan fingerprint density at radius 1 is 0.812 bits per heavy atom. The third-order valence-electron chi connectivity index (χ3n) is 4.73. The summed E-state index contributed by atoms with van der Waals surface area (Å²) in [5, 5.41) is 9.92. The normalized spacial score (nSPS) is 11.5. The standard InChI is InChI=1S/C25H20N4S3/c1-3-10-19(11-4-1)12-9-17-30-24-28-27-23(29(24)20-13-5-2-6-14-20)18-31-25-26-21-15-7-8-16-22(21)32-25/h1-16H,17-18H2. The van der Waals surface area contributed by atoms with E-state index >= 15 is 0 Å². The van der Waals surface area contributed by atoms with E-state index in [0.29, 0.717) is 5.75 Å². The van der Waals surface area contributed by atoms with Crippen molar-refractivity contribution in [3.8, 4) is 5.69 Å². The van der Waals surface area contributed by atoms with Crippen LogP contribution in [0.15, 0.2) is 101 Å². The summed E-state index contributed by atoms with van der Waals surface area (Å²) in [6.45, 7) is 0. The maximum absolute atomic E-state index is 4.74. The summed E-state index contributed by atoms with van der Waals surface area (Å²) >= 11 is 5.12. The van der Waals surface area contributed by atoms with Gasteiger partial charge in [0.15, 0.2) is 9.50 Å². The number of benzene rings is 3. The van der Waals surface area contributed by atoms with E-state index in [2.05, 4.69) is 69.4 Å². The van der Waals surface area contributed by atoms with Crippen LogP contribution in [0.1, 0.15) is 11.4 Å². The first kappa shape index (κ1) is 21.0. The van der Waals surface area contributed by atoms with Crippen LogP contribution in [0.4, 0.5) is 0 Å². The van der Waals surface area contributed by atoms with Gasteiger partial charge in [0.05, 0.1) is 16.0 Å². The molecule has 0 saturated heterocycles.